The van der Waals surface area contributed by atoms with Gasteiger partial charge < -0.3 is 5.48 Å². The molecule has 6 aromatic heterocycles. The van der Waals surface area contributed by atoms with Crippen molar-refractivity contribution < 1.29 is 31.7 Å². The average molecular weight is 952 g/mol. The van der Waals surface area contributed by atoms with Crippen LogP contribution in [-0.2, 0) is 26.3 Å². The summed E-state index contributed by atoms with van der Waals surface area (Å²) in [5.41, 5.74) is 14.5. The van der Waals surface area contributed by atoms with Gasteiger partial charge in [0.1, 0.15) is 0 Å². The van der Waals surface area contributed by atoms with E-state index in [0.29, 0.717) is 46.3 Å². The van der Waals surface area contributed by atoms with Gasteiger partial charge in [-0.25, -0.2) is 19.9 Å². The van der Waals surface area contributed by atoms with Gasteiger partial charge in [-0.05, 0) is 119 Å². The molecule has 59 heavy (non-hydrogen) atoms. The van der Waals surface area contributed by atoms with Crippen LogP contribution in [0.15, 0.2) is 97.1 Å². The van der Waals surface area contributed by atoms with E-state index >= 15 is 0 Å². The topological polar surface area (TPSA) is 109 Å². The normalized spacial score (nSPS) is 23.4. The third-order valence-corrected chi connectivity index (χ3v) is 13.7. The molecule has 6 atom stereocenters. The van der Waals surface area contributed by atoms with Crippen LogP contribution in [-0.4, -0.2) is 35.4 Å². The number of nitrogens with zero attached hydrogens (tertiary/aromatic N) is 6. The molecule has 0 amide bonds. The molecule has 0 unspecified atom stereocenters. The summed E-state index contributed by atoms with van der Waals surface area (Å²) in [5, 5.41) is 0. The zero-order chi connectivity index (χ0) is 40.9. The van der Waals surface area contributed by atoms with Gasteiger partial charge in [-0.2, -0.15) is 0 Å². The van der Waals surface area contributed by atoms with Crippen molar-refractivity contribution in [1.82, 2.24) is 29.9 Å². The fourth-order valence-electron chi connectivity index (χ4n) is 10.5. The predicted octanol–water partition coefficient (Wildman–Crippen LogP) is 12.8. The molecular formula is C46H46Cl4Fe2N6O. The summed E-state index contributed by atoms with van der Waals surface area (Å²) < 4.78 is 0. The summed E-state index contributed by atoms with van der Waals surface area (Å²) >= 11 is 0.389. The van der Waals surface area contributed by atoms with Crippen molar-refractivity contribution in [2.24, 2.45) is 22.7 Å². The van der Waals surface area contributed by atoms with E-state index in [2.05, 4.69) is 90.1 Å². The molecular weight excluding hydrogens is 906 g/mol. The third kappa shape index (κ3) is 8.02. The summed E-state index contributed by atoms with van der Waals surface area (Å²) in [6.45, 7) is 14.4. The summed E-state index contributed by atoms with van der Waals surface area (Å²) in [5.74, 6) is 3.52. The Bertz CT molecular complexity index is 2320. The minimum absolute atomic E-state index is 0. The number of hydrogen-bond acceptors (Lipinski definition) is 6. The molecule has 13 heteroatoms. The van der Waals surface area contributed by atoms with Crippen LogP contribution in [0.4, 0.5) is 0 Å². The quantitative estimate of drug-likeness (QED) is 0.159. The number of pyridine rings is 6. The molecule has 0 radical (unpaired) electrons. The number of halogens is 4. The van der Waals surface area contributed by atoms with Crippen LogP contribution in [0.25, 0.3) is 56.9 Å². The second-order valence-electron chi connectivity index (χ2n) is 17.1. The second-order valence-corrected chi connectivity index (χ2v) is 20.7. The Balaban J connectivity index is 0.000000714. The fraction of sp³-hybridized carbons (Fsp3) is 0.348. The van der Waals surface area contributed by atoms with Gasteiger partial charge >= 0.3 is 66.7 Å². The molecule has 6 aliphatic carbocycles. The summed E-state index contributed by atoms with van der Waals surface area (Å²) in [6.07, 6.45) is 2.56. The van der Waals surface area contributed by atoms with Crippen LogP contribution < -0.4 is 0 Å². The van der Waals surface area contributed by atoms with E-state index < -0.39 is 0 Å². The van der Waals surface area contributed by atoms with Crippen LogP contribution >= 0.6 is 40.4 Å². The molecule has 6 heterocycles. The van der Waals surface area contributed by atoms with E-state index in [1.54, 1.807) is 0 Å². The van der Waals surface area contributed by atoms with Gasteiger partial charge in [0.05, 0.1) is 56.9 Å². The van der Waals surface area contributed by atoms with Crippen LogP contribution in [0.3, 0.4) is 0 Å². The predicted molar refractivity (Wildman–Crippen MR) is 234 cm³/mol. The molecule has 12 rings (SSSR count). The Kier molecular flexibility index (Phi) is 13.3. The average Bonchev–Trinajstić information content (AvgIpc) is 3.24. The Labute approximate surface area is 376 Å². The van der Waals surface area contributed by atoms with E-state index in [4.69, 9.17) is 70.3 Å². The van der Waals surface area contributed by atoms with E-state index in [1.807, 2.05) is 48.5 Å². The third-order valence-electron chi connectivity index (χ3n) is 13.7. The first kappa shape index (κ1) is 44.1. The number of aromatic nitrogens is 6. The number of hydrogen-bond donors (Lipinski definition) is 0. The van der Waals surface area contributed by atoms with Gasteiger partial charge in [0.25, 0.3) is 0 Å². The molecule has 7 nitrogen and oxygen atoms in total. The van der Waals surface area contributed by atoms with E-state index in [-0.39, 0.29) is 31.7 Å². The van der Waals surface area contributed by atoms with Gasteiger partial charge in [-0.15, -0.1) is 0 Å². The zero-order valence-electron chi connectivity index (χ0n) is 33.5. The SMILES string of the molecule is C[C@@H]1c2nc(-c3cccc(-c4cccc(-c5cccc(-c6cccc(-c7ccc8c(n7)[C@@H](C)[C@H]7C[C@@H]8C7(C)C)n6)n5)n4)n3)ccc2[C@@H]2C[C@H]1C2(C)C.O.[Cl][Fe][Cl].[Cl][Fe][Cl]. The molecule has 0 aliphatic heterocycles. The molecule has 6 aromatic rings. The summed E-state index contributed by atoms with van der Waals surface area (Å²) in [7, 11) is 19.1. The molecule has 6 aliphatic rings. The van der Waals surface area contributed by atoms with Crippen molar-refractivity contribution in [2.75, 3.05) is 0 Å². The first-order valence-electron chi connectivity index (χ1n) is 19.5. The summed E-state index contributed by atoms with van der Waals surface area (Å²) in [6, 6.07) is 33.3. The Morgan fingerprint density at radius 1 is 0.424 bits per heavy atom. The zero-order valence-corrected chi connectivity index (χ0v) is 38.8. The molecule has 0 saturated heterocycles. The summed E-state index contributed by atoms with van der Waals surface area (Å²) in [4.78, 5) is 30.7. The van der Waals surface area contributed by atoms with Gasteiger partial charge in [0, 0.05) is 23.2 Å². The van der Waals surface area contributed by atoms with Crippen molar-refractivity contribution in [3.8, 4) is 56.9 Å². The molecule has 2 saturated carbocycles. The monoisotopic (exact) mass is 950 g/mol. The minimum atomic E-state index is 0. The van der Waals surface area contributed by atoms with E-state index in [1.165, 1.54) is 35.4 Å². The molecule has 0 spiro atoms. The molecule has 2 N–H and O–H groups in total. The van der Waals surface area contributed by atoms with Gasteiger partial charge in [-0.3, -0.25) is 9.97 Å². The van der Waals surface area contributed by atoms with Crippen molar-refractivity contribution in [1.29, 1.82) is 0 Å². The maximum absolute atomic E-state index is 5.20. The van der Waals surface area contributed by atoms with E-state index in [9.17, 15) is 0 Å². The van der Waals surface area contributed by atoms with E-state index in [0.717, 1.165) is 56.9 Å². The van der Waals surface area contributed by atoms with Crippen LogP contribution in [0.2, 0.25) is 0 Å². The first-order valence-corrected chi connectivity index (χ1v) is 25.6. The molecule has 2 fully saturated rings. The van der Waals surface area contributed by atoms with Gasteiger partial charge in [0.2, 0.25) is 0 Å². The Morgan fingerprint density at radius 2 is 0.661 bits per heavy atom. The van der Waals surface area contributed by atoms with Crippen LogP contribution in [0.5, 0.6) is 0 Å². The van der Waals surface area contributed by atoms with Crippen LogP contribution in [0.1, 0.15) is 101 Å². The van der Waals surface area contributed by atoms with Crippen molar-refractivity contribution >= 4 is 40.4 Å². The maximum atomic E-state index is 5.20. The fourth-order valence-corrected chi connectivity index (χ4v) is 10.5. The Hall–Kier alpha value is -2.94. The van der Waals surface area contributed by atoms with Crippen molar-refractivity contribution in [2.45, 2.75) is 78.1 Å². The molecule has 4 bridgehead atoms. The van der Waals surface area contributed by atoms with Gasteiger partial charge in [-0.1, -0.05) is 77.9 Å². The van der Waals surface area contributed by atoms with Crippen molar-refractivity contribution in [3.05, 3.63) is 120 Å². The van der Waals surface area contributed by atoms with Crippen LogP contribution in [0, 0.1) is 22.7 Å². The Morgan fingerprint density at radius 3 is 0.898 bits per heavy atom. The number of rotatable bonds is 5. The molecule has 0 aromatic carbocycles. The second kappa shape index (κ2) is 17.8. The first-order chi connectivity index (χ1) is 27.9. The molecule has 310 valence electrons. The van der Waals surface area contributed by atoms with Gasteiger partial charge in [0.15, 0.2) is 0 Å². The van der Waals surface area contributed by atoms with Crippen molar-refractivity contribution in [3.63, 3.8) is 0 Å². The standard InChI is InChI=1S/C46H44N6.4ClH.2Fe.H2O/c1-25-29-23-31(45(29,3)4)27-19-21-41(51-43(25)27)39-17-9-15-37(49-39)35-13-7-11-33(47-35)34-12-8-14-36(48-34)38-16-10-18-40(50-38)42-22-20-28-32-24-30(46(32,5)6)26(2)44(28)52-42;;;;;;;/h7-22,25-26,29-32H,23-24H2,1-6H3;4*1H;;;1H2/q;;;;;2*+2;/p-4/t25-,26-,29+,30+,31-,32-;;;;;;;/m0......./s1.